The van der Waals surface area contributed by atoms with Crippen molar-refractivity contribution in [3.05, 3.63) is 51.2 Å². The first kappa shape index (κ1) is 11.5. The van der Waals surface area contributed by atoms with E-state index in [9.17, 15) is 0 Å². The first-order valence-corrected chi connectivity index (χ1v) is 6.44. The highest BCUT2D eigenvalue weighted by Crippen LogP contribution is 2.25. The third-order valence-corrected chi connectivity index (χ3v) is 3.79. The van der Waals surface area contributed by atoms with Gasteiger partial charge in [-0.2, -0.15) is 0 Å². The number of halogens is 1. The largest absolute Gasteiger partial charge is 0.487 e. The molecule has 0 aliphatic rings. The highest BCUT2D eigenvalue weighted by molar-refractivity contribution is 7.11. The van der Waals surface area contributed by atoms with Crippen molar-refractivity contribution in [1.82, 2.24) is 0 Å². The molecule has 1 nitrogen and oxygen atoms in total. The second-order valence-corrected chi connectivity index (χ2v) is 5.10. The molecule has 0 unspecified atom stereocenters. The smallest absolute Gasteiger partial charge is 0.138 e. The predicted molar refractivity (Wildman–Crippen MR) is 69.5 cm³/mol. The van der Waals surface area contributed by atoms with Crippen molar-refractivity contribution < 1.29 is 4.74 Å². The second kappa shape index (κ2) is 5.37. The topological polar surface area (TPSA) is 9.23 Å². The van der Waals surface area contributed by atoms with Gasteiger partial charge in [-0.05, 0) is 30.7 Å². The van der Waals surface area contributed by atoms with Crippen LogP contribution in [-0.2, 0) is 13.0 Å². The highest BCUT2D eigenvalue weighted by Gasteiger charge is 2.02. The molecule has 1 aromatic carbocycles. The maximum absolute atomic E-state index is 6.00. The Morgan fingerprint density at radius 1 is 1.12 bits per heavy atom. The fourth-order valence-electron chi connectivity index (χ4n) is 1.40. The fourth-order valence-corrected chi connectivity index (χ4v) is 2.46. The zero-order chi connectivity index (χ0) is 11.4. The van der Waals surface area contributed by atoms with Gasteiger partial charge in [-0.15, -0.1) is 11.3 Å². The normalized spacial score (nSPS) is 10.4. The van der Waals surface area contributed by atoms with Crippen LogP contribution in [0.5, 0.6) is 5.75 Å². The molecule has 3 heteroatoms. The van der Waals surface area contributed by atoms with E-state index in [2.05, 4.69) is 19.1 Å². The molecule has 84 valence electrons. The molecular weight excluding hydrogens is 240 g/mol. The van der Waals surface area contributed by atoms with Crippen molar-refractivity contribution >= 4 is 22.9 Å². The lowest BCUT2D eigenvalue weighted by Gasteiger charge is -2.05. The number of benzene rings is 1. The van der Waals surface area contributed by atoms with E-state index in [-0.39, 0.29) is 0 Å². The third-order valence-electron chi connectivity index (χ3n) is 2.27. The van der Waals surface area contributed by atoms with E-state index in [1.807, 2.05) is 24.3 Å². The summed E-state index contributed by atoms with van der Waals surface area (Å²) in [5.74, 6) is 0.746. The minimum absolute atomic E-state index is 0.592. The predicted octanol–water partition coefficient (Wildman–Crippen LogP) is 4.54. The SMILES string of the molecule is CCc1ccc(COc2ccccc2Cl)s1. The average Bonchev–Trinajstić information content (AvgIpc) is 2.76. The highest BCUT2D eigenvalue weighted by atomic mass is 35.5. The van der Waals surface area contributed by atoms with E-state index < -0.39 is 0 Å². The van der Waals surface area contributed by atoms with Gasteiger partial charge >= 0.3 is 0 Å². The summed E-state index contributed by atoms with van der Waals surface area (Å²) in [4.78, 5) is 2.62. The average molecular weight is 253 g/mol. The maximum atomic E-state index is 6.00. The lowest BCUT2D eigenvalue weighted by molar-refractivity contribution is 0.310. The van der Waals surface area contributed by atoms with E-state index >= 15 is 0 Å². The zero-order valence-corrected chi connectivity index (χ0v) is 10.6. The molecule has 0 atom stereocenters. The van der Waals surface area contributed by atoms with Crippen molar-refractivity contribution in [3.63, 3.8) is 0 Å². The minimum atomic E-state index is 0.592. The van der Waals surface area contributed by atoms with Gasteiger partial charge < -0.3 is 4.74 Å². The monoisotopic (exact) mass is 252 g/mol. The molecule has 0 spiro atoms. The van der Waals surface area contributed by atoms with Crippen LogP contribution in [0.2, 0.25) is 5.02 Å². The van der Waals surface area contributed by atoms with Crippen LogP contribution in [0, 0.1) is 0 Å². The quantitative estimate of drug-likeness (QED) is 0.776. The number of ether oxygens (including phenoxy) is 1. The van der Waals surface area contributed by atoms with Gasteiger partial charge in [0, 0.05) is 9.75 Å². The van der Waals surface area contributed by atoms with E-state index in [1.165, 1.54) is 9.75 Å². The summed E-state index contributed by atoms with van der Waals surface area (Å²) >= 11 is 7.79. The Kier molecular flexibility index (Phi) is 3.86. The number of rotatable bonds is 4. The second-order valence-electron chi connectivity index (χ2n) is 3.44. The lowest BCUT2D eigenvalue weighted by atomic mass is 10.3. The van der Waals surface area contributed by atoms with Gasteiger partial charge in [-0.25, -0.2) is 0 Å². The molecule has 0 saturated heterocycles. The summed E-state index contributed by atoms with van der Waals surface area (Å²) < 4.78 is 5.66. The van der Waals surface area contributed by atoms with Crippen LogP contribution in [0.25, 0.3) is 0 Å². The summed E-state index contributed by atoms with van der Waals surface area (Å²) in [6.07, 6.45) is 1.08. The van der Waals surface area contributed by atoms with Crippen molar-refractivity contribution in [2.75, 3.05) is 0 Å². The Bertz CT molecular complexity index is 464. The Morgan fingerprint density at radius 2 is 1.88 bits per heavy atom. The van der Waals surface area contributed by atoms with Crippen LogP contribution in [0.4, 0.5) is 0 Å². The van der Waals surface area contributed by atoms with Gasteiger partial charge in [0.1, 0.15) is 12.4 Å². The van der Waals surface area contributed by atoms with Crippen LogP contribution in [-0.4, -0.2) is 0 Å². The molecule has 16 heavy (non-hydrogen) atoms. The molecule has 2 aromatic rings. The molecule has 0 N–H and O–H groups in total. The van der Waals surface area contributed by atoms with Gasteiger partial charge in [-0.3, -0.25) is 0 Å². The van der Waals surface area contributed by atoms with Gasteiger partial charge in [-0.1, -0.05) is 30.7 Å². The number of hydrogen-bond donors (Lipinski definition) is 0. The number of para-hydroxylation sites is 1. The summed E-state index contributed by atoms with van der Waals surface area (Å²) in [7, 11) is 0. The molecule has 2 rings (SSSR count). The van der Waals surface area contributed by atoms with Crippen molar-refractivity contribution in [3.8, 4) is 5.75 Å². The molecule has 0 fully saturated rings. The molecule has 0 saturated carbocycles. The van der Waals surface area contributed by atoms with Crippen LogP contribution < -0.4 is 4.74 Å². The van der Waals surface area contributed by atoms with Gasteiger partial charge in [0.05, 0.1) is 5.02 Å². The number of thiophene rings is 1. The van der Waals surface area contributed by atoms with E-state index in [0.29, 0.717) is 11.6 Å². The molecule has 0 aliphatic carbocycles. The molecule has 0 radical (unpaired) electrons. The Hall–Kier alpha value is -0.990. The van der Waals surface area contributed by atoms with Gasteiger partial charge in [0.15, 0.2) is 0 Å². The Balaban J connectivity index is 1.99. The van der Waals surface area contributed by atoms with Crippen LogP contribution in [0.15, 0.2) is 36.4 Å². The summed E-state index contributed by atoms with van der Waals surface area (Å²) in [5, 5.41) is 0.662. The molecule has 0 amide bonds. The zero-order valence-electron chi connectivity index (χ0n) is 9.07. The summed E-state index contributed by atoms with van der Waals surface area (Å²) in [6.45, 7) is 2.75. The molecule has 0 aliphatic heterocycles. The molecule has 0 bridgehead atoms. The molecule has 1 heterocycles. The van der Waals surface area contributed by atoms with E-state index in [0.717, 1.165) is 12.2 Å². The van der Waals surface area contributed by atoms with Crippen molar-refractivity contribution in [1.29, 1.82) is 0 Å². The van der Waals surface area contributed by atoms with Crippen LogP contribution >= 0.6 is 22.9 Å². The summed E-state index contributed by atoms with van der Waals surface area (Å²) in [5.41, 5.74) is 0. The fraction of sp³-hybridized carbons (Fsp3) is 0.231. The Labute approximate surface area is 105 Å². The van der Waals surface area contributed by atoms with Crippen LogP contribution in [0.1, 0.15) is 16.7 Å². The van der Waals surface area contributed by atoms with E-state index in [1.54, 1.807) is 11.3 Å². The number of aryl methyl sites for hydroxylation is 1. The Morgan fingerprint density at radius 3 is 2.56 bits per heavy atom. The first-order valence-electron chi connectivity index (χ1n) is 5.24. The standard InChI is InChI=1S/C13H13ClOS/c1-2-10-7-8-11(16-10)9-15-13-6-4-3-5-12(13)14/h3-8H,2,9H2,1H3. The minimum Gasteiger partial charge on any atom is -0.487 e. The number of hydrogen-bond acceptors (Lipinski definition) is 2. The van der Waals surface area contributed by atoms with Gasteiger partial charge in [0.25, 0.3) is 0 Å². The molecular formula is C13H13ClOS. The van der Waals surface area contributed by atoms with Crippen molar-refractivity contribution in [2.45, 2.75) is 20.0 Å². The van der Waals surface area contributed by atoms with E-state index in [4.69, 9.17) is 16.3 Å². The summed E-state index contributed by atoms with van der Waals surface area (Å²) in [6, 6.07) is 11.8. The molecule has 1 aromatic heterocycles. The van der Waals surface area contributed by atoms with Crippen molar-refractivity contribution in [2.24, 2.45) is 0 Å². The lowest BCUT2D eigenvalue weighted by Crippen LogP contribution is -1.92. The maximum Gasteiger partial charge on any atom is 0.138 e. The third kappa shape index (κ3) is 2.77. The van der Waals surface area contributed by atoms with Gasteiger partial charge in [0.2, 0.25) is 0 Å². The van der Waals surface area contributed by atoms with Crippen LogP contribution in [0.3, 0.4) is 0 Å². The first-order chi connectivity index (χ1) is 7.79.